The number of thioether (sulfide) groups is 1. The van der Waals surface area contributed by atoms with Gasteiger partial charge in [-0.05, 0) is 86.4 Å². The standard InChI is InChI=1S/C36H36N2O4S/c1-4-41-31-19-16-27(22-32(31)42-5-2)20-21-37-35(39)29-17-14-26(15-18-29)23-34-36(40)38(24-28-12-10-25(3)11-13-28)30-8-6-7-9-33(30)43-34/h6-19,22-23H,4-5,20-21,24H2,1-3H3,(H,37,39). The van der Waals surface area contributed by atoms with Gasteiger partial charge in [-0.1, -0.05) is 71.9 Å². The molecule has 5 rings (SSSR count). The van der Waals surface area contributed by atoms with Gasteiger partial charge in [-0.3, -0.25) is 9.59 Å². The molecule has 0 radical (unpaired) electrons. The molecule has 0 aliphatic carbocycles. The summed E-state index contributed by atoms with van der Waals surface area (Å²) >= 11 is 1.48. The third-order valence-corrected chi connectivity index (χ3v) is 8.15. The first-order valence-corrected chi connectivity index (χ1v) is 15.4. The highest BCUT2D eigenvalue weighted by atomic mass is 32.2. The number of carbonyl (C=O) groups is 2. The summed E-state index contributed by atoms with van der Waals surface area (Å²) in [5.74, 6) is 1.27. The Hall–Kier alpha value is -4.49. The Morgan fingerprint density at radius 3 is 2.30 bits per heavy atom. The molecule has 0 saturated heterocycles. The molecule has 0 unspecified atom stereocenters. The van der Waals surface area contributed by atoms with Crippen molar-refractivity contribution in [1.29, 1.82) is 0 Å². The number of carbonyl (C=O) groups excluding carboxylic acids is 2. The molecule has 1 N–H and O–H groups in total. The first-order valence-electron chi connectivity index (χ1n) is 14.6. The number of nitrogens with one attached hydrogen (secondary N) is 1. The zero-order chi connectivity index (χ0) is 30.2. The van der Waals surface area contributed by atoms with Gasteiger partial charge in [0.1, 0.15) is 0 Å². The number of nitrogens with zero attached hydrogens (tertiary/aromatic N) is 1. The normalized spacial score (nSPS) is 13.5. The molecule has 4 aromatic carbocycles. The van der Waals surface area contributed by atoms with E-state index in [1.54, 1.807) is 12.1 Å². The highest BCUT2D eigenvalue weighted by Crippen LogP contribution is 2.42. The largest absolute Gasteiger partial charge is 0.490 e. The van der Waals surface area contributed by atoms with Crippen molar-refractivity contribution in [2.24, 2.45) is 0 Å². The predicted molar refractivity (Wildman–Crippen MR) is 174 cm³/mol. The Labute approximate surface area is 257 Å². The van der Waals surface area contributed by atoms with Crippen LogP contribution in [0.15, 0.2) is 101 Å². The highest BCUT2D eigenvalue weighted by Gasteiger charge is 2.29. The minimum absolute atomic E-state index is 0.0344. The molecule has 6 nitrogen and oxygen atoms in total. The van der Waals surface area contributed by atoms with Gasteiger partial charge in [0.25, 0.3) is 11.8 Å². The maximum atomic E-state index is 13.6. The van der Waals surface area contributed by atoms with E-state index in [1.807, 2.05) is 79.4 Å². The molecule has 0 bridgehead atoms. The van der Waals surface area contributed by atoms with Crippen molar-refractivity contribution in [2.75, 3.05) is 24.7 Å². The van der Waals surface area contributed by atoms with E-state index < -0.39 is 0 Å². The predicted octanol–water partition coefficient (Wildman–Crippen LogP) is 7.44. The van der Waals surface area contributed by atoms with Crippen LogP contribution in [0, 0.1) is 6.92 Å². The molecule has 0 fully saturated rings. The second-order valence-electron chi connectivity index (χ2n) is 10.2. The van der Waals surface area contributed by atoms with Gasteiger partial charge < -0.3 is 19.7 Å². The van der Waals surface area contributed by atoms with E-state index in [4.69, 9.17) is 9.47 Å². The fraction of sp³-hybridized carbons (Fsp3) is 0.222. The van der Waals surface area contributed by atoms with Gasteiger partial charge in [-0.2, -0.15) is 0 Å². The van der Waals surface area contributed by atoms with Crippen LogP contribution in [0.5, 0.6) is 11.5 Å². The number of anilines is 1. The molecule has 1 heterocycles. The van der Waals surface area contributed by atoms with Crippen LogP contribution in [0.4, 0.5) is 5.69 Å². The molecular formula is C36H36N2O4S. The maximum absolute atomic E-state index is 13.6. The molecule has 0 aromatic heterocycles. The van der Waals surface area contributed by atoms with E-state index in [2.05, 4.69) is 36.5 Å². The van der Waals surface area contributed by atoms with E-state index in [0.29, 0.717) is 48.9 Å². The van der Waals surface area contributed by atoms with Crippen molar-refractivity contribution >= 4 is 35.3 Å². The molecule has 2 amide bonds. The number of aryl methyl sites for hydroxylation is 1. The minimum Gasteiger partial charge on any atom is -0.490 e. The lowest BCUT2D eigenvalue weighted by Crippen LogP contribution is -2.33. The molecule has 43 heavy (non-hydrogen) atoms. The number of fused-ring (bicyclic) bond motifs is 1. The third-order valence-electron chi connectivity index (χ3n) is 7.07. The summed E-state index contributed by atoms with van der Waals surface area (Å²) in [6, 6.07) is 29.5. The van der Waals surface area contributed by atoms with Crippen LogP contribution < -0.4 is 19.7 Å². The smallest absolute Gasteiger partial charge is 0.265 e. The molecule has 4 aromatic rings. The SMILES string of the molecule is CCOc1ccc(CCNC(=O)c2ccc(C=C3Sc4ccccc4N(Cc4ccc(C)cc4)C3=O)cc2)cc1OCC. The first kappa shape index (κ1) is 30.0. The van der Waals surface area contributed by atoms with Gasteiger partial charge >= 0.3 is 0 Å². The number of hydrogen-bond acceptors (Lipinski definition) is 5. The van der Waals surface area contributed by atoms with Crippen molar-refractivity contribution in [2.45, 2.75) is 38.6 Å². The molecular weight excluding hydrogens is 556 g/mol. The van der Waals surface area contributed by atoms with E-state index >= 15 is 0 Å². The Bertz CT molecular complexity index is 1610. The minimum atomic E-state index is -0.142. The van der Waals surface area contributed by atoms with E-state index in [-0.39, 0.29) is 11.8 Å². The van der Waals surface area contributed by atoms with Crippen LogP contribution in [0.3, 0.4) is 0 Å². The molecule has 0 saturated carbocycles. The molecule has 0 atom stereocenters. The first-order chi connectivity index (χ1) is 20.9. The fourth-order valence-electron chi connectivity index (χ4n) is 4.85. The number of hydrogen-bond donors (Lipinski definition) is 1. The molecule has 7 heteroatoms. The van der Waals surface area contributed by atoms with Crippen molar-refractivity contribution in [3.63, 3.8) is 0 Å². The Balaban J connectivity index is 1.24. The van der Waals surface area contributed by atoms with Crippen LogP contribution in [0.1, 0.15) is 46.5 Å². The number of para-hydroxylation sites is 1. The second-order valence-corrected chi connectivity index (χ2v) is 11.3. The van der Waals surface area contributed by atoms with Crippen LogP contribution in [-0.2, 0) is 17.8 Å². The van der Waals surface area contributed by atoms with Crippen LogP contribution in [0.2, 0.25) is 0 Å². The summed E-state index contributed by atoms with van der Waals surface area (Å²) < 4.78 is 11.3. The molecule has 1 aliphatic rings. The van der Waals surface area contributed by atoms with Crippen molar-refractivity contribution in [1.82, 2.24) is 5.32 Å². The van der Waals surface area contributed by atoms with Gasteiger partial charge in [-0.25, -0.2) is 0 Å². The van der Waals surface area contributed by atoms with Crippen LogP contribution >= 0.6 is 11.8 Å². The lowest BCUT2D eigenvalue weighted by Gasteiger charge is -2.30. The average Bonchev–Trinajstić information content (AvgIpc) is 3.02. The zero-order valence-electron chi connectivity index (χ0n) is 24.8. The summed E-state index contributed by atoms with van der Waals surface area (Å²) in [7, 11) is 0. The second kappa shape index (κ2) is 14.1. The number of benzene rings is 4. The zero-order valence-corrected chi connectivity index (χ0v) is 25.6. The van der Waals surface area contributed by atoms with Crippen LogP contribution in [0.25, 0.3) is 6.08 Å². The summed E-state index contributed by atoms with van der Waals surface area (Å²) in [6.45, 7) is 8.05. The average molecular weight is 593 g/mol. The molecule has 1 aliphatic heterocycles. The number of rotatable bonds is 11. The highest BCUT2D eigenvalue weighted by molar-refractivity contribution is 8.04. The van der Waals surface area contributed by atoms with Crippen molar-refractivity contribution in [3.8, 4) is 11.5 Å². The summed E-state index contributed by atoms with van der Waals surface area (Å²) in [5, 5.41) is 3.00. The van der Waals surface area contributed by atoms with E-state index in [9.17, 15) is 9.59 Å². The Morgan fingerprint density at radius 1 is 0.860 bits per heavy atom. The summed E-state index contributed by atoms with van der Waals surface area (Å²) in [5.41, 5.74) is 5.67. The van der Waals surface area contributed by atoms with Gasteiger partial charge in [0, 0.05) is 17.0 Å². The quantitative estimate of drug-likeness (QED) is 0.183. The lowest BCUT2D eigenvalue weighted by atomic mass is 10.1. The maximum Gasteiger partial charge on any atom is 0.265 e. The van der Waals surface area contributed by atoms with Gasteiger partial charge in [0.05, 0.1) is 30.4 Å². The molecule has 220 valence electrons. The van der Waals surface area contributed by atoms with Crippen molar-refractivity contribution in [3.05, 3.63) is 124 Å². The Morgan fingerprint density at radius 2 is 1.56 bits per heavy atom. The summed E-state index contributed by atoms with van der Waals surface area (Å²) in [6.07, 6.45) is 2.57. The molecule has 0 spiro atoms. The van der Waals surface area contributed by atoms with E-state index in [0.717, 1.165) is 33.0 Å². The third kappa shape index (κ3) is 7.48. The number of amides is 2. The van der Waals surface area contributed by atoms with Crippen LogP contribution in [-0.4, -0.2) is 31.6 Å². The monoisotopic (exact) mass is 592 g/mol. The topological polar surface area (TPSA) is 67.9 Å². The van der Waals surface area contributed by atoms with Gasteiger partial charge in [0.2, 0.25) is 0 Å². The van der Waals surface area contributed by atoms with Gasteiger partial charge in [-0.15, -0.1) is 0 Å². The Kier molecular flexibility index (Phi) is 9.84. The fourth-order valence-corrected chi connectivity index (χ4v) is 5.91. The van der Waals surface area contributed by atoms with Crippen molar-refractivity contribution < 1.29 is 19.1 Å². The summed E-state index contributed by atoms with van der Waals surface area (Å²) in [4.78, 5) is 30.0. The number of ether oxygens (including phenoxy) is 2. The lowest BCUT2D eigenvalue weighted by molar-refractivity contribution is -0.114. The van der Waals surface area contributed by atoms with E-state index in [1.165, 1.54) is 17.3 Å². The van der Waals surface area contributed by atoms with Gasteiger partial charge in [0.15, 0.2) is 11.5 Å².